The SMILES string of the molecule is F/C(=C/C(F)(F)C(F)(F)C(F)(F)F)N=Nc1ccccc1. The van der Waals surface area contributed by atoms with Crippen LogP contribution in [0.25, 0.3) is 0 Å². The summed E-state index contributed by atoms with van der Waals surface area (Å²) >= 11 is 0. The Balaban J connectivity index is 2.98. The Morgan fingerprint density at radius 2 is 1.43 bits per heavy atom. The fourth-order valence-corrected chi connectivity index (χ4v) is 1.06. The molecule has 0 unspecified atom stereocenters. The summed E-state index contributed by atoms with van der Waals surface area (Å²) in [5, 5.41) is 5.57. The monoisotopic (exact) mass is 318 g/mol. The first kappa shape index (κ1) is 17.1. The quantitative estimate of drug-likeness (QED) is 0.403. The summed E-state index contributed by atoms with van der Waals surface area (Å²) in [6, 6.07) is 6.96. The van der Waals surface area contributed by atoms with Gasteiger partial charge in [-0.05, 0) is 12.1 Å². The van der Waals surface area contributed by atoms with Crippen molar-refractivity contribution >= 4 is 5.69 Å². The molecule has 0 atom stereocenters. The van der Waals surface area contributed by atoms with E-state index in [-0.39, 0.29) is 5.69 Å². The second-order valence-corrected chi connectivity index (χ2v) is 3.70. The van der Waals surface area contributed by atoms with Gasteiger partial charge in [-0.25, -0.2) is 0 Å². The Bertz CT molecular complexity index is 533. The molecule has 0 saturated carbocycles. The Hall–Kier alpha value is -2.00. The average Bonchev–Trinajstić information content (AvgIpc) is 2.35. The van der Waals surface area contributed by atoms with Crippen molar-refractivity contribution in [2.45, 2.75) is 18.0 Å². The molecule has 116 valence electrons. The van der Waals surface area contributed by atoms with E-state index in [1.807, 2.05) is 0 Å². The van der Waals surface area contributed by atoms with Crippen molar-refractivity contribution in [1.82, 2.24) is 0 Å². The molecule has 0 fully saturated rings. The van der Waals surface area contributed by atoms with E-state index in [9.17, 15) is 35.1 Å². The fraction of sp³-hybridized carbons (Fsp3) is 0.273. The maximum Gasteiger partial charge on any atom is 0.460 e. The van der Waals surface area contributed by atoms with Crippen LogP contribution in [0.15, 0.2) is 52.6 Å². The van der Waals surface area contributed by atoms with Crippen LogP contribution < -0.4 is 0 Å². The van der Waals surface area contributed by atoms with Crippen LogP contribution in [-0.4, -0.2) is 18.0 Å². The molecular formula is C11H6F8N2. The van der Waals surface area contributed by atoms with Gasteiger partial charge in [0, 0.05) is 6.08 Å². The fourth-order valence-electron chi connectivity index (χ4n) is 1.06. The highest BCUT2D eigenvalue weighted by Gasteiger charge is 2.72. The van der Waals surface area contributed by atoms with E-state index in [4.69, 9.17) is 0 Å². The number of halogens is 8. The highest BCUT2D eigenvalue weighted by Crippen LogP contribution is 2.47. The summed E-state index contributed by atoms with van der Waals surface area (Å²) < 4.78 is 98.8. The molecule has 0 amide bonds. The molecular weight excluding hydrogens is 312 g/mol. The standard InChI is InChI=1S/C11H6F8N2/c12-8(21-20-7-4-2-1-3-5-7)6-9(13,14)10(15,16)11(17,18)19/h1-6H/b8-6-,21-20?. The third-order valence-electron chi connectivity index (χ3n) is 2.09. The van der Waals surface area contributed by atoms with Gasteiger partial charge in [-0.2, -0.15) is 35.1 Å². The number of rotatable bonds is 4. The first-order valence-electron chi connectivity index (χ1n) is 5.15. The summed E-state index contributed by atoms with van der Waals surface area (Å²) in [7, 11) is 0. The van der Waals surface area contributed by atoms with E-state index in [0.717, 1.165) is 0 Å². The lowest BCUT2D eigenvalue weighted by Gasteiger charge is -2.25. The van der Waals surface area contributed by atoms with Gasteiger partial charge >= 0.3 is 18.0 Å². The second kappa shape index (κ2) is 5.78. The summed E-state index contributed by atoms with van der Waals surface area (Å²) in [4.78, 5) is 0. The van der Waals surface area contributed by atoms with Gasteiger partial charge in [0.2, 0.25) is 5.95 Å². The van der Waals surface area contributed by atoms with Crippen molar-refractivity contribution in [1.29, 1.82) is 0 Å². The Labute approximate surface area is 112 Å². The Morgan fingerprint density at radius 3 is 1.90 bits per heavy atom. The normalized spacial score (nSPS) is 14.8. The maximum absolute atomic E-state index is 12.9. The minimum atomic E-state index is -6.54. The van der Waals surface area contributed by atoms with Crippen LogP contribution in [0.4, 0.5) is 40.8 Å². The van der Waals surface area contributed by atoms with Crippen molar-refractivity contribution < 1.29 is 35.1 Å². The number of hydrogen-bond donors (Lipinski definition) is 0. The van der Waals surface area contributed by atoms with Crippen LogP contribution >= 0.6 is 0 Å². The Morgan fingerprint density at radius 1 is 0.905 bits per heavy atom. The number of hydrogen-bond acceptors (Lipinski definition) is 2. The number of alkyl halides is 7. The number of nitrogens with zero attached hydrogens (tertiary/aromatic N) is 2. The molecule has 0 spiro atoms. The van der Waals surface area contributed by atoms with E-state index in [2.05, 4.69) is 10.2 Å². The Kier molecular flexibility index (Phi) is 4.69. The third-order valence-corrected chi connectivity index (χ3v) is 2.09. The van der Waals surface area contributed by atoms with Crippen LogP contribution in [-0.2, 0) is 0 Å². The molecule has 0 aliphatic heterocycles. The molecule has 0 aliphatic rings. The predicted octanol–water partition coefficient (Wildman–Crippen LogP) is 5.41. The average molecular weight is 318 g/mol. The molecule has 0 aromatic heterocycles. The number of azo groups is 1. The lowest BCUT2D eigenvalue weighted by molar-refractivity contribution is -0.342. The van der Waals surface area contributed by atoms with Crippen molar-refractivity contribution in [2.75, 3.05) is 0 Å². The lowest BCUT2D eigenvalue weighted by Crippen LogP contribution is -2.50. The van der Waals surface area contributed by atoms with Gasteiger partial charge in [0.05, 0.1) is 5.69 Å². The van der Waals surface area contributed by atoms with Gasteiger partial charge in [0.15, 0.2) is 0 Å². The molecule has 1 aromatic rings. The van der Waals surface area contributed by atoms with Crippen molar-refractivity contribution in [3.05, 3.63) is 42.4 Å². The largest absolute Gasteiger partial charge is 0.460 e. The predicted molar refractivity (Wildman–Crippen MR) is 56.1 cm³/mol. The summed E-state index contributed by atoms with van der Waals surface area (Å²) in [5.41, 5.74) is -0.00746. The topological polar surface area (TPSA) is 24.7 Å². The van der Waals surface area contributed by atoms with Gasteiger partial charge < -0.3 is 0 Å². The van der Waals surface area contributed by atoms with E-state index < -0.39 is 30.0 Å². The lowest BCUT2D eigenvalue weighted by atomic mass is 10.1. The molecule has 0 aliphatic carbocycles. The molecule has 0 radical (unpaired) electrons. The van der Waals surface area contributed by atoms with E-state index in [1.54, 1.807) is 6.07 Å². The van der Waals surface area contributed by atoms with Gasteiger partial charge in [0.1, 0.15) is 0 Å². The summed E-state index contributed by atoms with van der Waals surface area (Å²) in [5.74, 6) is -14.5. The smallest absolute Gasteiger partial charge is 0.194 e. The number of allylic oxidation sites excluding steroid dienone is 1. The molecule has 1 aromatic carbocycles. The van der Waals surface area contributed by atoms with Crippen LogP contribution in [0.5, 0.6) is 0 Å². The summed E-state index contributed by atoms with van der Waals surface area (Å²) in [6.45, 7) is 0. The maximum atomic E-state index is 12.9. The van der Waals surface area contributed by atoms with Crippen LogP contribution in [0.3, 0.4) is 0 Å². The molecule has 0 N–H and O–H groups in total. The minimum absolute atomic E-state index is 0.00746. The molecule has 0 saturated heterocycles. The highest BCUT2D eigenvalue weighted by molar-refractivity contribution is 5.34. The molecule has 10 heteroatoms. The van der Waals surface area contributed by atoms with Crippen LogP contribution in [0.2, 0.25) is 0 Å². The molecule has 21 heavy (non-hydrogen) atoms. The van der Waals surface area contributed by atoms with Crippen LogP contribution in [0, 0.1) is 0 Å². The van der Waals surface area contributed by atoms with Crippen molar-refractivity contribution in [3.63, 3.8) is 0 Å². The third kappa shape index (κ3) is 3.99. The first-order chi connectivity index (χ1) is 9.47. The second-order valence-electron chi connectivity index (χ2n) is 3.70. The van der Waals surface area contributed by atoms with E-state index in [1.165, 1.54) is 24.3 Å². The van der Waals surface area contributed by atoms with E-state index >= 15 is 0 Å². The van der Waals surface area contributed by atoms with Gasteiger partial charge in [-0.15, -0.1) is 10.2 Å². The highest BCUT2D eigenvalue weighted by atomic mass is 19.4. The van der Waals surface area contributed by atoms with Crippen molar-refractivity contribution in [3.8, 4) is 0 Å². The van der Waals surface area contributed by atoms with Gasteiger partial charge in [-0.1, -0.05) is 18.2 Å². The van der Waals surface area contributed by atoms with Crippen LogP contribution in [0.1, 0.15) is 0 Å². The first-order valence-corrected chi connectivity index (χ1v) is 5.15. The van der Waals surface area contributed by atoms with Gasteiger partial charge in [-0.3, -0.25) is 0 Å². The molecule has 1 rings (SSSR count). The number of benzene rings is 1. The zero-order valence-electron chi connectivity index (χ0n) is 9.88. The summed E-state index contributed by atoms with van der Waals surface area (Å²) in [6.07, 6.45) is -7.77. The van der Waals surface area contributed by atoms with Crippen molar-refractivity contribution in [2.24, 2.45) is 10.2 Å². The minimum Gasteiger partial charge on any atom is -0.194 e. The van der Waals surface area contributed by atoms with E-state index in [0.29, 0.717) is 0 Å². The zero-order chi connectivity index (χ0) is 16.3. The molecule has 2 nitrogen and oxygen atoms in total. The zero-order valence-corrected chi connectivity index (χ0v) is 9.88. The molecule has 0 bridgehead atoms. The van der Waals surface area contributed by atoms with Gasteiger partial charge in [0.25, 0.3) is 0 Å². The molecule has 0 heterocycles.